The van der Waals surface area contributed by atoms with Crippen molar-refractivity contribution in [2.24, 2.45) is 34.6 Å². The van der Waals surface area contributed by atoms with E-state index in [1.54, 1.807) is 11.1 Å². The molecule has 15 nitrogen and oxygen atoms in total. The number of alkyl halides is 3. The summed E-state index contributed by atoms with van der Waals surface area (Å²) in [5.41, 5.74) is 1.48. The maximum atomic E-state index is 15.1. The second-order valence-electron chi connectivity index (χ2n) is 19.2. The lowest BCUT2D eigenvalue weighted by Gasteiger charge is -2.49. The number of nitrogens with zero attached hydrogens (tertiary/aromatic N) is 5. The molecule has 4 fully saturated rings. The SMILES string of the molecule is C=C/N=C(\NCC1C=CC2C(C1)OC(C)N1C3CC=C(c4cnc([C@H]5CC(F)(F)CN5C(O)[C@@H](NC(=O)P)C(C)C)[nH]4)CC3CC21)[C@@H]1C[C@@H](F)CN1C(O)[C@@H](NC(O)OC)C(C)C. The monoisotopic (exact) mass is 908 g/mol. The number of rotatable bonds is 16. The number of fused-ring (bicyclic) bond motifs is 5. The number of allylic oxidation sites excluding steroid dienone is 1. The summed E-state index contributed by atoms with van der Waals surface area (Å²) in [6.07, 6.45) is 8.03. The van der Waals surface area contributed by atoms with E-state index in [1.807, 2.05) is 36.9 Å². The van der Waals surface area contributed by atoms with Crippen molar-refractivity contribution in [3.8, 4) is 0 Å². The fourth-order valence-electron chi connectivity index (χ4n) is 11.3. The first-order chi connectivity index (χ1) is 29.9. The topological polar surface area (TPSA) is 183 Å². The van der Waals surface area contributed by atoms with E-state index >= 15 is 4.39 Å². The fourth-order valence-corrected chi connectivity index (χ4v) is 11.5. The van der Waals surface area contributed by atoms with Gasteiger partial charge in [0.1, 0.15) is 36.5 Å². The van der Waals surface area contributed by atoms with Gasteiger partial charge in [-0.05, 0) is 71.1 Å². The van der Waals surface area contributed by atoms with E-state index < -0.39 is 73.7 Å². The molecule has 5 heterocycles. The molecule has 11 unspecified atom stereocenters. The van der Waals surface area contributed by atoms with Gasteiger partial charge in [-0.25, -0.2) is 23.1 Å². The summed E-state index contributed by atoms with van der Waals surface area (Å²) in [5.74, 6) is -1.75. The predicted octanol–water partition coefficient (Wildman–Crippen LogP) is 4.29. The molecule has 4 aliphatic heterocycles. The zero-order chi connectivity index (χ0) is 45.5. The molecule has 0 bridgehead atoms. The van der Waals surface area contributed by atoms with Crippen LogP contribution in [0.2, 0.25) is 0 Å². The van der Waals surface area contributed by atoms with Crippen LogP contribution in [0.5, 0.6) is 0 Å². The highest BCUT2D eigenvalue weighted by Gasteiger charge is 2.54. The molecule has 19 heteroatoms. The summed E-state index contributed by atoms with van der Waals surface area (Å²) in [4.78, 5) is 30.0. The Kier molecular flexibility index (Phi) is 15.3. The first-order valence-corrected chi connectivity index (χ1v) is 23.2. The van der Waals surface area contributed by atoms with Gasteiger partial charge in [0.2, 0.25) is 12.1 Å². The number of likely N-dealkylation sites (tertiary alicyclic amines) is 2. The fraction of sp³-hybridized carbons (Fsp3) is 0.750. The van der Waals surface area contributed by atoms with E-state index in [4.69, 9.17) is 9.47 Å². The number of carbonyl (C=O) groups excluding carboxylic acids is 1. The molecule has 63 heavy (non-hydrogen) atoms. The number of aromatic nitrogens is 2. The maximum Gasteiger partial charge on any atom is 0.262 e. The molecule has 1 aromatic heterocycles. The van der Waals surface area contributed by atoms with E-state index in [9.17, 15) is 28.9 Å². The number of hydrogen-bond acceptors (Lipinski definition) is 12. The maximum absolute atomic E-state index is 15.1. The van der Waals surface area contributed by atoms with Crippen LogP contribution in [-0.2, 0) is 9.47 Å². The smallest absolute Gasteiger partial charge is 0.262 e. The first-order valence-electron chi connectivity index (χ1n) is 22.6. The second-order valence-corrected chi connectivity index (χ2v) is 19.7. The minimum absolute atomic E-state index is 0.00762. The average molecular weight is 908 g/mol. The van der Waals surface area contributed by atoms with Crippen molar-refractivity contribution in [1.82, 2.24) is 40.6 Å². The van der Waals surface area contributed by atoms with Crippen molar-refractivity contribution < 1.29 is 42.8 Å². The van der Waals surface area contributed by atoms with Gasteiger partial charge in [-0.1, -0.05) is 52.5 Å². The molecule has 4 saturated heterocycles. The molecule has 1 aromatic rings. The van der Waals surface area contributed by atoms with Crippen LogP contribution in [0.4, 0.5) is 18.0 Å². The number of methoxy groups -OCH3 is 1. The van der Waals surface area contributed by atoms with Crippen LogP contribution in [0.1, 0.15) is 90.7 Å². The predicted molar refractivity (Wildman–Crippen MR) is 237 cm³/mol. The van der Waals surface area contributed by atoms with Gasteiger partial charge in [0.25, 0.3) is 5.92 Å². The van der Waals surface area contributed by atoms with Gasteiger partial charge in [-0.3, -0.25) is 24.8 Å². The number of H-pyrrole nitrogens is 1. The summed E-state index contributed by atoms with van der Waals surface area (Å²) in [5, 5.41) is 42.0. The van der Waals surface area contributed by atoms with E-state index in [-0.39, 0.29) is 49.0 Å². The Morgan fingerprint density at radius 2 is 1.86 bits per heavy atom. The van der Waals surface area contributed by atoms with Gasteiger partial charge in [0, 0.05) is 57.2 Å². The number of aromatic amines is 1. The number of aliphatic imine (C=N–C) groups is 1. The van der Waals surface area contributed by atoms with E-state index in [0.717, 1.165) is 37.0 Å². The number of nitrogens with one attached hydrogen (secondary N) is 4. The van der Waals surface area contributed by atoms with Crippen LogP contribution in [0.3, 0.4) is 0 Å². The first kappa shape index (κ1) is 48.2. The van der Waals surface area contributed by atoms with Crippen LogP contribution in [0, 0.1) is 29.6 Å². The van der Waals surface area contributed by atoms with Gasteiger partial charge in [-0.2, -0.15) is 0 Å². The molecule has 7 N–H and O–H groups in total. The van der Waals surface area contributed by atoms with Gasteiger partial charge >= 0.3 is 0 Å². The Hall–Kier alpha value is -2.77. The van der Waals surface area contributed by atoms with Crippen LogP contribution < -0.4 is 16.0 Å². The lowest BCUT2D eigenvalue weighted by atomic mass is 9.78. The number of hydrogen-bond donors (Lipinski definition) is 7. The quantitative estimate of drug-likeness (QED) is 0.0412. The number of amides is 1. The van der Waals surface area contributed by atoms with Gasteiger partial charge in [0.05, 0.1) is 48.7 Å². The van der Waals surface area contributed by atoms with E-state index in [0.29, 0.717) is 36.2 Å². The highest BCUT2D eigenvalue weighted by atomic mass is 31.0. The summed E-state index contributed by atoms with van der Waals surface area (Å²) in [7, 11) is 3.38. The van der Waals surface area contributed by atoms with Gasteiger partial charge in [0.15, 0.2) is 0 Å². The zero-order valence-electron chi connectivity index (χ0n) is 37.3. The van der Waals surface area contributed by atoms with Crippen LogP contribution in [-0.4, -0.2) is 152 Å². The highest BCUT2D eigenvalue weighted by molar-refractivity contribution is 7.39. The second kappa shape index (κ2) is 20.0. The Labute approximate surface area is 371 Å². The molecule has 0 aromatic carbocycles. The van der Waals surface area contributed by atoms with Crippen molar-refractivity contribution >= 4 is 26.3 Å². The molecule has 16 atom stereocenters. The standard InChI is InChI=1S/C44H69F3N9O6P/c1-8-48-38(33-16-28(45)20-54(33)40(57)36(22(2)3)52-42(59)61-7)49-18-25-9-11-29-32-15-27-14-26(10-12-31(27)56(32)24(6)62-35(29)13-25)30-19-50-39(51-30)34-17-44(46,47)21-55(34)41(58)37(23(4)5)53-43(60)63/h8-11,19,22-25,27-29,31-37,40-42,52,57-59H,1,12-18,20-21,63H2,2-7H3,(H,48,49)(H,50,51)(H,53,60)/t24?,25?,27?,28-,29?,31?,32?,33+,34-,35?,36+,37+,40?,41?,42?/m1/s1. The lowest BCUT2D eigenvalue weighted by molar-refractivity contribution is -0.180. The molecule has 0 spiro atoms. The minimum Gasteiger partial charge on any atom is -0.377 e. The number of aliphatic hydroxyl groups excluding tert-OH is 3. The largest absolute Gasteiger partial charge is 0.377 e. The molecular weight excluding hydrogens is 839 g/mol. The molecule has 7 rings (SSSR count). The van der Waals surface area contributed by atoms with Gasteiger partial charge in [-0.15, -0.1) is 0 Å². The average Bonchev–Trinajstić information content (AvgIpc) is 4.03. The zero-order valence-corrected chi connectivity index (χ0v) is 38.4. The lowest BCUT2D eigenvalue weighted by Crippen LogP contribution is -2.59. The molecule has 352 valence electrons. The van der Waals surface area contributed by atoms with Crippen LogP contribution in [0.15, 0.2) is 42.2 Å². The third-order valence-corrected chi connectivity index (χ3v) is 14.5. The molecular formula is C44H69F3N9O6P. The minimum atomic E-state index is -3.03. The Bertz CT molecular complexity index is 1850. The third kappa shape index (κ3) is 10.5. The number of imidazole rings is 1. The summed E-state index contributed by atoms with van der Waals surface area (Å²) in [6.45, 7) is 13.3. The van der Waals surface area contributed by atoms with E-state index in [2.05, 4.69) is 67.5 Å². The molecule has 2 aliphatic carbocycles. The number of amidine groups is 1. The highest BCUT2D eigenvalue weighted by Crippen LogP contribution is 2.50. The number of halogens is 3. The summed E-state index contributed by atoms with van der Waals surface area (Å²) < 4.78 is 56.8. The van der Waals surface area contributed by atoms with E-state index in [1.165, 1.54) is 18.2 Å². The van der Waals surface area contributed by atoms with Crippen LogP contribution in [0.25, 0.3) is 5.57 Å². The molecule has 0 saturated carbocycles. The number of ether oxygens (including phenoxy) is 2. The van der Waals surface area contributed by atoms with Crippen molar-refractivity contribution in [2.45, 2.75) is 153 Å². The molecule has 1 amide bonds. The number of carbonyl (C=O) groups is 1. The number of aliphatic hydroxyl groups is 3. The van der Waals surface area contributed by atoms with Gasteiger partial charge < -0.3 is 40.4 Å². The molecule has 6 aliphatic rings. The van der Waals surface area contributed by atoms with Crippen molar-refractivity contribution in [3.63, 3.8) is 0 Å². The van der Waals surface area contributed by atoms with Crippen LogP contribution >= 0.6 is 9.24 Å². The van der Waals surface area contributed by atoms with Crippen molar-refractivity contribution in [3.05, 3.63) is 48.7 Å². The van der Waals surface area contributed by atoms with Crippen molar-refractivity contribution in [2.75, 3.05) is 26.7 Å². The Balaban J connectivity index is 0.988. The summed E-state index contributed by atoms with van der Waals surface area (Å²) in [6, 6.07) is -2.14. The van der Waals surface area contributed by atoms with Crippen molar-refractivity contribution in [1.29, 1.82) is 0 Å². The third-order valence-electron chi connectivity index (χ3n) is 14.3. The molecule has 0 radical (unpaired) electrons. The normalized spacial score (nSPS) is 34.8. The Morgan fingerprint density at radius 3 is 2.54 bits per heavy atom. The summed E-state index contributed by atoms with van der Waals surface area (Å²) >= 11 is 0. The Morgan fingerprint density at radius 1 is 1.13 bits per heavy atom.